The molecule has 8 nitrogen and oxygen atoms in total. The van der Waals surface area contributed by atoms with Gasteiger partial charge in [0.25, 0.3) is 0 Å². The van der Waals surface area contributed by atoms with Crippen LogP contribution in [0.2, 0.25) is 0 Å². The van der Waals surface area contributed by atoms with Crippen molar-refractivity contribution in [3.8, 4) is 0 Å². The second kappa shape index (κ2) is 7.84. The van der Waals surface area contributed by atoms with Crippen molar-refractivity contribution in [2.24, 2.45) is 31.2 Å². The first kappa shape index (κ1) is 19.0. The number of hydrogen-bond donors (Lipinski definition) is 0. The molecule has 144 valence electrons. The van der Waals surface area contributed by atoms with Gasteiger partial charge in [0, 0.05) is 37.0 Å². The zero-order chi connectivity index (χ0) is 18.6. The summed E-state index contributed by atoms with van der Waals surface area (Å²) >= 11 is 0. The summed E-state index contributed by atoms with van der Waals surface area (Å²) in [6, 6.07) is 0. The lowest BCUT2D eigenvalue weighted by Gasteiger charge is -2.50. The van der Waals surface area contributed by atoms with Crippen molar-refractivity contribution in [1.29, 1.82) is 0 Å². The maximum atomic E-state index is 5.34. The molecular formula is C18H30N6O2. The monoisotopic (exact) mass is 362 g/mol. The van der Waals surface area contributed by atoms with Crippen molar-refractivity contribution in [3.05, 3.63) is 0 Å². The first-order valence-corrected chi connectivity index (χ1v) is 9.30. The Morgan fingerprint density at radius 3 is 1.38 bits per heavy atom. The smallest absolute Gasteiger partial charge is 0.114 e. The minimum absolute atomic E-state index is 0.228. The Bertz CT molecular complexity index is 541. The molecule has 0 N–H and O–H groups in total. The molecule has 1 saturated carbocycles. The summed E-state index contributed by atoms with van der Waals surface area (Å²) in [5.74, 6) is 0. The van der Waals surface area contributed by atoms with Gasteiger partial charge in [-0.1, -0.05) is 0 Å². The summed E-state index contributed by atoms with van der Waals surface area (Å²) in [5, 5.41) is 17.7. The maximum absolute atomic E-state index is 5.34. The second-order valence-corrected chi connectivity index (χ2v) is 7.91. The van der Waals surface area contributed by atoms with Crippen molar-refractivity contribution >= 4 is 24.1 Å². The van der Waals surface area contributed by atoms with E-state index in [1.54, 1.807) is 0 Å². The largest absolute Gasteiger partial charge is 0.378 e. The first-order valence-electron chi connectivity index (χ1n) is 9.30. The van der Waals surface area contributed by atoms with Crippen LogP contribution in [-0.4, -0.2) is 86.5 Å². The molecule has 3 rings (SSSR count). The highest BCUT2D eigenvalue weighted by atomic mass is 16.5. The van der Waals surface area contributed by atoms with E-state index in [4.69, 9.17) is 9.47 Å². The first-order chi connectivity index (χ1) is 12.4. The van der Waals surface area contributed by atoms with Gasteiger partial charge in [-0.15, -0.1) is 10.2 Å². The minimum atomic E-state index is -0.228. The van der Waals surface area contributed by atoms with E-state index in [0.29, 0.717) is 0 Å². The molecule has 3 aliphatic rings. The Balaban J connectivity index is 1.66. The topological polar surface area (TPSA) is 74.4 Å². The minimum Gasteiger partial charge on any atom is -0.378 e. The molecular weight excluding hydrogens is 332 g/mol. The average Bonchev–Trinajstić information content (AvgIpc) is 2.63. The van der Waals surface area contributed by atoms with Gasteiger partial charge in [0.2, 0.25) is 0 Å². The highest BCUT2D eigenvalue weighted by Gasteiger charge is 2.57. The van der Waals surface area contributed by atoms with E-state index in [-0.39, 0.29) is 10.8 Å². The third-order valence-corrected chi connectivity index (χ3v) is 5.20. The third-order valence-electron chi connectivity index (χ3n) is 5.20. The maximum Gasteiger partial charge on any atom is 0.114 e. The Hall–Kier alpha value is -1.80. The highest BCUT2D eigenvalue weighted by molar-refractivity contribution is 6.33. The SMILES string of the molecule is CC1(C)C(=N/N=C/N2CCOCC2)C(C)(C)C1=N/N=C/N1CCOCC1. The van der Waals surface area contributed by atoms with E-state index < -0.39 is 0 Å². The third kappa shape index (κ3) is 3.96. The average molecular weight is 362 g/mol. The van der Waals surface area contributed by atoms with E-state index in [2.05, 4.69) is 57.9 Å². The fraction of sp³-hybridized carbons (Fsp3) is 0.778. The van der Waals surface area contributed by atoms with Crippen LogP contribution in [-0.2, 0) is 9.47 Å². The van der Waals surface area contributed by atoms with E-state index in [1.807, 2.05) is 12.7 Å². The van der Waals surface area contributed by atoms with Crippen LogP contribution in [0.5, 0.6) is 0 Å². The quantitative estimate of drug-likeness (QED) is 0.431. The Morgan fingerprint density at radius 1 is 0.692 bits per heavy atom. The van der Waals surface area contributed by atoms with Crippen molar-refractivity contribution in [3.63, 3.8) is 0 Å². The van der Waals surface area contributed by atoms with Gasteiger partial charge in [0.05, 0.1) is 37.9 Å². The normalized spacial score (nSPS) is 25.7. The summed E-state index contributed by atoms with van der Waals surface area (Å²) in [7, 11) is 0. The molecule has 0 unspecified atom stereocenters. The zero-order valence-corrected chi connectivity index (χ0v) is 16.3. The molecule has 0 spiro atoms. The van der Waals surface area contributed by atoms with Gasteiger partial charge >= 0.3 is 0 Å². The molecule has 3 fully saturated rings. The van der Waals surface area contributed by atoms with E-state index in [9.17, 15) is 0 Å². The predicted molar refractivity (Wildman–Crippen MR) is 104 cm³/mol. The van der Waals surface area contributed by atoms with Crippen molar-refractivity contribution in [2.45, 2.75) is 27.7 Å². The summed E-state index contributed by atoms with van der Waals surface area (Å²) < 4.78 is 10.7. The molecule has 1 aliphatic carbocycles. The molecule has 0 amide bonds. The van der Waals surface area contributed by atoms with Crippen molar-refractivity contribution in [2.75, 3.05) is 52.6 Å². The van der Waals surface area contributed by atoms with Gasteiger partial charge in [-0.25, -0.2) is 0 Å². The van der Waals surface area contributed by atoms with Gasteiger partial charge in [-0.05, 0) is 27.7 Å². The predicted octanol–water partition coefficient (Wildman–Crippen LogP) is 1.49. The highest BCUT2D eigenvalue weighted by Crippen LogP contribution is 2.48. The molecule has 8 heteroatoms. The molecule has 2 saturated heterocycles. The summed E-state index contributed by atoms with van der Waals surface area (Å²) in [6.07, 6.45) is 3.63. The molecule has 0 atom stereocenters. The lowest BCUT2D eigenvalue weighted by atomic mass is 9.52. The Morgan fingerprint density at radius 2 is 1.04 bits per heavy atom. The van der Waals surface area contributed by atoms with Crippen LogP contribution in [0.3, 0.4) is 0 Å². The molecule has 2 heterocycles. The molecule has 0 aromatic heterocycles. The van der Waals surface area contributed by atoms with Crippen molar-refractivity contribution < 1.29 is 9.47 Å². The molecule has 0 aromatic carbocycles. The van der Waals surface area contributed by atoms with Crippen LogP contribution in [0.25, 0.3) is 0 Å². The fourth-order valence-corrected chi connectivity index (χ4v) is 3.92. The van der Waals surface area contributed by atoms with Gasteiger partial charge in [-0.3, -0.25) is 0 Å². The van der Waals surface area contributed by atoms with Crippen LogP contribution in [0.4, 0.5) is 0 Å². The molecule has 0 radical (unpaired) electrons. The summed E-state index contributed by atoms with van der Waals surface area (Å²) in [6.45, 7) is 15.0. The van der Waals surface area contributed by atoms with Crippen LogP contribution in [0.1, 0.15) is 27.7 Å². The number of morpholine rings is 2. The van der Waals surface area contributed by atoms with E-state index in [0.717, 1.165) is 64.0 Å². The Labute approximate surface area is 155 Å². The second-order valence-electron chi connectivity index (χ2n) is 7.91. The van der Waals surface area contributed by atoms with Crippen LogP contribution >= 0.6 is 0 Å². The van der Waals surface area contributed by atoms with Crippen LogP contribution < -0.4 is 0 Å². The molecule has 26 heavy (non-hydrogen) atoms. The van der Waals surface area contributed by atoms with Crippen molar-refractivity contribution in [1.82, 2.24) is 9.80 Å². The molecule has 0 aromatic rings. The Kier molecular flexibility index (Phi) is 5.72. The number of rotatable bonds is 4. The zero-order valence-electron chi connectivity index (χ0n) is 16.3. The van der Waals surface area contributed by atoms with Gasteiger partial charge < -0.3 is 19.3 Å². The van der Waals surface area contributed by atoms with Gasteiger partial charge in [-0.2, -0.15) is 10.2 Å². The number of ether oxygens (including phenoxy) is 2. The fourth-order valence-electron chi connectivity index (χ4n) is 3.92. The van der Waals surface area contributed by atoms with Gasteiger partial charge in [0.1, 0.15) is 12.7 Å². The molecule has 0 bridgehead atoms. The lowest BCUT2D eigenvalue weighted by molar-refractivity contribution is 0.0699. The molecule has 2 aliphatic heterocycles. The van der Waals surface area contributed by atoms with Crippen LogP contribution in [0.15, 0.2) is 20.4 Å². The van der Waals surface area contributed by atoms with Gasteiger partial charge in [0.15, 0.2) is 0 Å². The van der Waals surface area contributed by atoms with E-state index in [1.165, 1.54) is 0 Å². The standard InChI is InChI=1S/C18H30N6O2/c1-17(2)15(21-19-13-23-5-9-25-10-6-23)18(3,4)16(17)22-20-14-24-7-11-26-12-8-24/h13-14H,5-12H2,1-4H3/b19-13+,20-14+,21-15?,22-16?. The number of nitrogens with zero attached hydrogens (tertiary/aromatic N) is 6. The number of hydrogen-bond acceptors (Lipinski definition) is 6. The van der Waals surface area contributed by atoms with Crippen LogP contribution in [0, 0.1) is 10.8 Å². The lowest BCUT2D eigenvalue weighted by Crippen LogP contribution is -2.61. The summed E-state index contributed by atoms with van der Waals surface area (Å²) in [5.41, 5.74) is 1.62. The summed E-state index contributed by atoms with van der Waals surface area (Å²) in [4.78, 5) is 4.27. The van der Waals surface area contributed by atoms with E-state index >= 15 is 0 Å².